The number of thioether (sulfide) groups is 1. The molecule has 172 valence electrons. The first kappa shape index (κ1) is 23.1. The Balaban J connectivity index is 1.58. The number of allylic oxidation sites excluding steroid dienone is 1. The van der Waals surface area contributed by atoms with Crippen LogP contribution in [-0.2, 0) is 20.7 Å². The lowest BCUT2D eigenvalue weighted by molar-refractivity contribution is -0.137. The van der Waals surface area contributed by atoms with Gasteiger partial charge in [0.1, 0.15) is 0 Å². The number of hydrogen-bond donors (Lipinski definition) is 1. The molecule has 1 saturated heterocycles. The molecule has 1 N–H and O–H groups in total. The number of methoxy groups -OCH3 is 1. The molecule has 1 fully saturated rings. The number of aryl methyl sites for hydroxylation is 1. The van der Waals surface area contributed by atoms with Crippen molar-refractivity contribution in [1.82, 2.24) is 4.90 Å². The van der Waals surface area contributed by atoms with E-state index in [0.29, 0.717) is 24.8 Å². The van der Waals surface area contributed by atoms with Crippen LogP contribution >= 0.6 is 11.8 Å². The fraction of sp³-hybridized carbons (Fsp3) is 0.346. The van der Waals surface area contributed by atoms with E-state index in [2.05, 4.69) is 10.2 Å². The zero-order valence-corrected chi connectivity index (χ0v) is 19.9. The molecule has 0 saturated carbocycles. The van der Waals surface area contributed by atoms with E-state index in [-0.39, 0.29) is 17.9 Å². The number of carbonyl (C=O) groups excluding carboxylic acids is 2. The molecule has 2 aromatic rings. The Morgan fingerprint density at radius 3 is 2.76 bits per heavy atom. The fourth-order valence-electron chi connectivity index (χ4n) is 4.27. The molecule has 2 aliphatic rings. The summed E-state index contributed by atoms with van der Waals surface area (Å²) in [6.07, 6.45) is 2.76. The zero-order chi connectivity index (χ0) is 23.2. The van der Waals surface area contributed by atoms with Crippen molar-refractivity contribution in [3.8, 4) is 0 Å². The highest BCUT2D eigenvalue weighted by Gasteiger charge is 2.38. The molecule has 0 radical (unpaired) electrons. The summed E-state index contributed by atoms with van der Waals surface area (Å²) in [5.41, 5.74) is 4.15. The Kier molecular flexibility index (Phi) is 7.50. The number of hydrogen-bond acceptors (Lipinski definition) is 6. The monoisotopic (exact) mass is 463 g/mol. The number of carbonyl (C=O) groups is 2. The van der Waals surface area contributed by atoms with Crippen LogP contribution in [0.15, 0.2) is 70.9 Å². The Hall–Kier alpha value is -3.06. The number of nitrogens with zero attached hydrogens (tertiary/aromatic N) is 2. The van der Waals surface area contributed by atoms with Gasteiger partial charge in [0.2, 0.25) is 5.91 Å². The minimum absolute atomic E-state index is 0.0339. The Morgan fingerprint density at radius 1 is 1.18 bits per heavy atom. The zero-order valence-electron chi connectivity index (χ0n) is 19.0. The molecule has 1 atom stereocenters. The van der Waals surface area contributed by atoms with E-state index in [1.165, 1.54) is 7.11 Å². The predicted molar refractivity (Wildman–Crippen MR) is 133 cm³/mol. The van der Waals surface area contributed by atoms with Gasteiger partial charge in [0.15, 0.2) is 5.17 Å². The maximum absolute atomic E-state index is 12.8. The normalized spacial score (nSPS) is 17.8. The van der Waals surface area contributed by atoms with Crippen molar-refractivity contribution in [2.24, 2.45) is 4.99 Å². The summed E-state index contributed by atoms with van der Waals surface area (Å²) in [5, 5.41) is 3.97. The second kappa shape index (κ2) is 10.7. The maximum Gasteiger partial charge on any atom is 0.338 e. The molecule has 2 aliphatic heterocycles. The van der Waals surface area contributed by atoms with Crippen molar-refractivity contribution in [3.05, 3.63) is 77.0 Å². The Bertz CT molecular complexity index is 1080. The van der Waals surface area contributed by atoms with Gasteiger partial charge in [0.05, 0.1) is 24.4 Å². The highest BCUT2D eigenvalue weighted by atomic mass is 32.2. The van der Waals surface area contributed by atoms with Crippen molar-refractivity contribution >= 4 is 34.5 Å². The second-order valence-corrected chi connectivity index (χ2v) is 9.12. The topological polar surface area (TPSA) is 71.0 Å². The van der Waals surface area contributed by atoms with Crippen molar-refractivity contribution in [2.45, 2.75) is 38.6 Å². The van der Waals surface area contributed by atoms with E-state index < -0.39 is 0 Å². The van der Waals surface area contributed by atoms with Crippen LogP contribution in [0.25, 0.3) is 0 Å². The number of nitrogens with one attached hydrogen (secondary N) is 1. The summed E-state index contributed by atoms with van der Waals surface area (Å²) < 4.78 is 5.15. The van der Waals surface area contributed by atoms with Crippen LogP contribution in [0.1, 0.15) is 43.4 Å². The molecule has 0 aromatic heterocycles. The van der Waals surface area contributed by atoms with Crippen molar-refractivity contribution < 1.29 is 14.3 Å². The average molecular weight is 464 g/mol. The van der Waals surface area contributed by atoms with Gasteiger partial charge in [-0.05, 0) is 42.5 Å². The van der Waals surface area contributed by atoms with Crippen molar-refractivity contribution in [3.63, 3.8) is 0 Å². The highest BCUT2D eigenvalue weighted by molar-refractivity contribution is 8.13. The number of amides is 1. The molecule has 2 aromatic carbocycles. The van der Waals surface area contributed by atoms with Crippen molar-refractivity contribution in [2.75, 3.05) is 24.7 Å². The molecular formula is C26H29N3O3S. The SMILES string of the molecule is CCC1=C(C(=O)OC)C(c2cccc(NC(=O)CCc3ccccc3)c2)N2CCCSC2=N1. The second-order valence-electron chi connectivity index (χ2n) is 8.06. The smallest absolute Gasteiger partial charge is 0.338 e. The van der Waals surface area contributed by atoms with Crippen LogP contribution in [0.5, 0.6) is 0 Å². The van der Waals surface area contributed by atoms with E-state index >= 15 is 0 Å². The molecule has 1 amide bonds. The summed E-state index contributed by atoms with van der Waals surface area (Å²) in [6, 6.07) is 17.5. The number of anilines is 1. The van der Waals surface area contributed by atoms with Crippen LogP contribution in [0, 0.1) is 0 Å². The van der Waals surface area contributed by atoms with Crippen LogP contribution in [0.3, 0.4) is 0 Å². The van der Waals surface area contributed by atoms with Gasteiger partial charge < -0.3 is 15.0 Å². The Labute approximate surface area is 199 Å². The van der Waals surface area contributed by atoms with Gasteiger partial charge in [-0.3, -0.25) is 4.79 Å². The summed E-state index contributed by atoms with van der Waals surface area (Å²) >= 11 is 1.73. The summed E-state index contributed by atoms with van der Waals surface area (Å²) in [7, 11) is 1.41. The average Bonchev–Trinajstić information content (AvgIpc) is 2.86. The lowest BCUT2D eigenvalue weighted by Gasteiger charge is -2.40. The minimum Gasteiger partial charge on any atom is -0.466 e. The van der Waals surface area contributed by atoms with Crippen LogP contribution in [0.4, 0.5) is 5.69 Å². The number of esters is 1. The maximum atomic E-state index is 12.8. The predicted octanol–water partition coefficient (Wildman–Crippen LogP) is 4.94. The van der Waals surface area contributed by atoms with Gasteiger partial charge in [-0.2, -0.15) is 0 Å². The third-order valence-electron chi connectivity index (χ3n) is 5.86. The van der Waals surface area contributed by atoms with E-state index in [0.717, 1.165) is 46.4 Å². The van der Waals surface area contributed by atoms with Gasteiger partial charge in [0.25, 0.3) is 0 Å². The van der Waals surface area contributed by atoms with E-state index in [1.54, 1.807) is 11.8 Å². The molecule has 6 nitrogen and oxygen atoms in total. The van der Waals surface area contributed by atoms with Gasteiger partial charge in [0, 0.05) is 24.4 Å². The molecule has 0 spiro atoms. The van der Waals surface area contributed by atoms with Gasteiger partial charge in [-0.25, -0.2) is 9.79 Å². The number of ether oxygens (including phenoxy) is 1. The lowest BCUT2D eigenvalue weighted by Crippen LogP contribution is -2.42. The highest BCUT2D eigenvalue weighted by Crippen LogP contribution is 2.41. The van der Waals surface area contributed by atoms with Gasteiger partial charge in [-0.15, -0.1) is 0 Å². The first-order valence-electron chi connectivity index (χ1n) is 11.3. The minimum atomic E-state index is -0.354. The van der Waals surface area contributed by atoms with E-state index in [4.69, 9.17) is 9.73 Å². The van der Waals surface area contributed by atoms with E-state index in [9.17, 15) is 9.59 Å². The molecule has 4 rings (SSSR count). The summed E-state index contributed by atoms with van der Waals surface area (Å²) in [4.78, 5) is 32.4. The van der Waals surface area contributed by atoms with Crippen LogP contribution in [-0.4, -0.2) is 41.4 Å². The molecular weight excluding hydrogens is 434 g/mol. The standard InChI is InChI=1S/C26H29N3O3S/c1-3-21-23(25(31)32-2)24(29-15-8-16-33-26(29)28-21)19-11-7-12-20(17-19)27-22(30)14-13-18-9-5-4-6-10-18/h4-7,9-12,17,24H,3,8,13-16H2,1-2H3,(H,27,30). The molecule has 1 unspecified atom stereocenters. The first-order valence-corrected chi connectivity index (χ1v) is 12.3. The number of amidine groups is 1. The number of benzene rings is 2. The van der Waals surface area contributed by atoms with Crippen LogP contribution < -0.4 is 5.32 Å². The lowest BCUT2D eigenvalue weighted by atomic mass is 9.93. The molecule has 33 heavy (non-hydrogen) atoms. The first-order chi connectivity index (χ1) is 16.1. The fourth-order valence-corrected chi connectivity index (χ4v) is 5.26. The van der Waals surface area contributed by atoms with E-state index in [1.807, 2.05) is 61.5 Å². The molecule has 0 bridgehead atoms. The third-order valence-corrected chi connectivity index (χ3v) is 6.93. The van der Waals surface area contributed by atoms with Crippen molar-refractivity contribution in [1.29, 1.82) is 0 Å². The number of rotatable bonds is 7. The van der Waals surface area contributed by atoms with Gasteiger partial charge >= 0.3 is 5.97 Å². The third kappa shape index (κ3) is 5.30. The molecule has 7 heteroatoms. The summed E-state index contributed by atoms with van der Waals surface area (Å²) in [6.45, 7) is 2.83. The largest absolute Gasteiger partial charge is 0.466 e. The summed E-state index contributed by atoms with van der Waals surface area (Å²) in [5.74, 6) is 0.630. The number of fused-ring (bicyclic) bond motifs is 1. The molecule has 0 aliphatic carbocycles. The quantitative estimate of drug-likeness (QED) is 0.589. The Morgan fingerprint density at radius 2 is 2.00 bits per heavy atom. The molecule has 2 heterocycles. The van der Waals surface area contributed by atoms with Crippen LogP contribution in [0.2, 0.25) is 0 Å². The number of aliphatic imine (C=N–C) groups is 1. The van der Waals surface area contributed by atoms with Gasteiger partial charge in [-0.1, -0.05) is 61.2 Å².